The van der Waals surface area contributed by atoms with Crippen LogP contribution in [-0.4, -0.2) is 10.1 Å². The number of rotatable bonds is 4. The highest BCUT2D eigenvalue weighted by atomic mass is 79.9. The van der Waals surface area contributed by atoms with E-state index in [1.165, 1.54) is 25.7 Å². The van der Waals surface area contributed by atoms with E-state index in [0.29, 0.717) is 5.92 Å². The average molecular weight is 287 g/mol. The minimum absolute atomic E-state index is 0.206. The first kappa shape index (κ1) is 12.1. The van der Waals surface area contributed by atoms with Crippen molar-refractivity contribution in [3.05, 3.63) is 11.7 Å². The minimum Gasteiger partial charge on any atom is -0.338 e. The molecule has 3 nitrogen and oxygen atoms in total. The molecule has 1 saturated carbocycles. The van der Waals surface area contributed by atoms with Crippen molar-refractivity contribution in [2.45, 2.75) is 56.7 Å². The molecule has 0 radical (unpaired) electrons. The lowest BCUT2D eigenvalue weighted by Gasteiger charge is -2.04. The molecule has 0 N–H and O–H groups in total. The van der Waals surface area contributed by atoms with E-state index in [-0.39, 0.29) is 4.83 Å². The van der Waals surface area contributed by atoms with Crippen LogP contribution in [0.4, 0.5) is 0 Å². The smallest absolute Gasteiger partial charge is 0.240 e. The Morgan fingerprint density at radius 3 is 2.88 bits per heavy atom. The number of nitrogens with zero attached hydrogens (tertiary/aromatic N) is 2. The third-order valence-electron chi connectivity index (χ3n) is 3.57. The molecule has 3 unspecified atom stereocenters. The van der Waals surface area contributed by atoms with Gasteiger partial charge in [-0.15, -0.1) is 0 Å². The van der Waals surface area contributed by atoms with Crippen LogP contribution < -0.4 is 0 Å². The highest BCUT2D eigenvalue weighted by molar-refractivity contribution is 9.09. The molecule has 3 atom stereocenters. The highest BCUT2D eigenvalue weighted by Crippen LogP contribution is 2.39. The van der Waals surface area contributed by atoms with Gasteiger partial charge in [-0.2, -0.15) is 4.98 Å². The zero-order chi connectivity index (χ0) is 11.5. The lowest BCUT2D eigenvalue weighted by molar-refractivity contribution is 0.367. The van der Waals surface area contributed by atoms with E-state index >= 15 is 0 Å². The van der Waals surface area contributed by atoms with Crippen molar-refractivity contribution in [3.8, 4) is 0 Å². The molecular weight excluding hydrogens is 268 g/mol. The van der Waals surface area contributed by atoms with Crippen molar-refractivity contribution in [2.75, 3.05) is 0 Å². The Hall–Kier alpha value is -0.380. The summed E-state index contributed by atoms with van der Waals surface area (Å²) in [5.74, 6) is 3.04. The normalized spacial score (nSPS) is 27.2. The number of alkyl halides is 1. The fourth-order valence-corrected chi connectivity index (χ4v) is 2.58. The first-order valence-corrected chi connectivity index (χ1v) is 7.13. The van der Waals surface area contributed by atoms with Crippen LogP contribution in [0.15, 0.2) is 4.52 Å². The van der Waals surface area contributed by atoms with Gasteiger partial charge in [0, 0.05) is 5.92 Å². The molecule has 90 valence electrons. The molecule has 0 aromatic carbocycles. The van der Waals surface area contributed by atoms with Crippen LogP contribution in [0, 0.1) is 5.92 Å². The largest absolute Gasteiger partial charge is 0.338 e. The van der Waals surface area contributed by atoms with Gasteiger partial charge in [0.1, 0.15) is 0 Å². The van der Waals surface area contributed by atoms with Gasteiger partial charge in [0.15, 0.2) is 5.82 Å². The second-order valence-electron chi connectivity index (χ2n) is 4.65. The van der Waals surface area contributed by atoms with Crippen molar-refractivity contribution in [1.29, 1.82) is 0 Å². The minimum atomic E-state index is 0.206. The van der Waals surface area contributed by atoms with E-state index in [1.807, 2.05) is 0 Å². The molecule has 0 bridgehead atoms. The van der Waals surface area contributed by atoms with Crippen molar-refractivity contribution >= 4 is 15.9 Å². The second kappa shape index (κ2) is 5.30. The predicted octanol–water partition coefficient (Wildman–Crippen LogP) is 4.21. The zero-order valence-corrected chi connectivity index (χ0v) is 11.5. The molecule has 1 fully saturated rings. The number of hydrogen-bond acceptors (Lipinski definition) is 3. The molecule has 0 saturated heterocycles. The lowest BCUT2D eigenvalue weighted by atomic mass is 10.0. The SMILES string of the molecule is CCC1CCC(c2noc(C(Br)CC)n2)C1. The number of hydrogen-bond donors (Lipinski definition) is 0. The monoisotopic (exact) mass is 286 g/mol. The maximum absolute atomic E-state index is 5.29. The molecule has 2 rings (SSSR count). The average Bonchev–Trinajstić information content (AvgIpc) is 2.95. The molecule has 16 heavy (non-hydrogen) atoms. The summed E-state index contributed by atoms with van der Waals surface area (Å²) in [6, 6.07) is 0. The van der Waals surface area contributed by atoms with Crippen LogP contribution in [0.25, 0.3) is 0 Å². The summed E-state index contributed by atoms with van der Waals surface area (Å²) in [5.41, 5.74) is 0. The van der Waals surface area contributed by atoms with Crippen LogP contribution >= 0.6 is 15.9 Å². The summed E-state index contributed by atoms with van der Waals surface area (Å²) in [6.07, 6.45) is 6.02. The lowest BCUT2D eigenvalue weighted by Crippen LogP contribution is -1.98. The highest BCUT2D eigenvalue weighted by Gasteiger charge is 2.28. The van der Waals surface area contributed by atoms with Gasteiger partial charge in [-0.1, -0.05) is 41.4 Å². The predicted molar refractivity (Wildman–Crippen MR) is 66.6 cm³/mol. The molecule has 1 aromatic rings. The summed E-state index contributed by atoms with van der Waals surface area (Å²) in [5, 5.41) is 4.12. The molecule has 4 heteroatoms. The van der Waals surface area contributed by atoms with Crippen LogP contribution in [0.1, 0.15) is 68.4 Å². The van der Waals surface area contributed by atoms with E-state index in [0.717, 1.165) is 24.1 Å². The van der Waals surface area contributed by atoms with E-state index in [4.69, 9.17) is 4.52 Å². The second-order valence-corrected chi connectivity index (χ2v) is 5.76. The summed E-state index contributed by atoms with van der Waals surface area (Å²) >= 11 is 3.54. The van der Waals surface area contributed by atoms with Gasteiger partial charge in [-0.25, -0.2) is 0 Å². The third kappa shape index (κ3) is 2.47. The van der Waals surface area contributed by atoms with Crippen molar-refractivity contribution in [3.63, 3.8) is 0 Å². The van der Waals surface area contributed by atoms with Crippen LogP contribution in [0.5, 0.6) is 0 Å². The Morgan fingerprint density at radius 2 is 2.25 bits per heavy atom. The van der Waals surface area contributed by atoms with Crippen LogP contribution in [-0.2, 0) is 0 Å². The molecule has 0 amide bonds. The molecular formula is C12H19BrN2O. The third-order valence-corrected chi connectivity index (χ3v) is 4.61. The molecule has 1 aromatic heterocycles. The van der Waals surface area contributed by atoms with Crippen molar-refractivity contribution in [1.82, 2.24) is 10.1 Å². The fraction of sp³-hybridized carbons (Fsp3) is 0.833. The Morgan fingerprint density at radius 1 is 1.44 bits per heavy atom. The van der Waals surface area contributed by atoms with Crippen molar-refractivity contribution < 1.29 is 4.52 Å². The molecule has 0 aliphatic heterocycles. The Bertz CT molecular complexity index is 340. The number of halogens is 1. The van der Waals surface area contributed by atoms with Crippen LogP contribution in [0.3, 0.4) is 0 Å². The summed E-state index contributed by atoms with van der Waals surface area (Å²) in [4.78, 5) is 4.71. The molecule has 0 spiro atoms. The topological polar surface area (TPSA) is 38.9 Å². The Labute approximate surface area is 105 Å². The Kier molecular flexibility index (Phi) is 4.00. The van der Waals surface area contributed by atoms with Gasteiger partial charge in [0.25, 0.3) is 0 Å². The van der Waals surface area contributed by atoms with Crippen LogP contribution in [0.2, 0.25) is 0 Å². The molecule has 1 aliphatic carbocycles. The maximum atomic E-state index is 5.29. The first-order valence-electron chi connectivity index (χ1n) is 6.22. The number of aromatic nitrogens is 2. The van der Waals surface area contributed by atoms with Gasteiger partial charge in [0.05, 0.1) is 4.83 Å². The van der Waals surface area contributed by atoms with Gasteiger partial charge in [-0.3, -0.25) is 0 Å². The van der Waals surface area contributed by atoms with Gasteiger partial charge in [0.2, 0.25) is 5.89 Å². The summed E-state index contributed by atoms with van der Waals surface area (Å²) < 4.78 is 5.29. The van der Waals surface area contributed by atoms with Gasteiger partial charge in [-0.05, 0) is 31.6 Å². The fourth-order valence-electron chi connectivity index (χ4n) is 2.40. The maximum Gasteiger partial charge on any atom is 0.240 e. The first-order chi connectivity index (χ1) is 7.74. The summed E-state index contributed by atoms with van der Waals surface area (Å²) in [6.45, 7) is 4.37. The van der Waals surface area contributed by atoms with Crippen molar-refractivity contribution in [2.24, 2.45) is 5.92 Å². The Balaban J connectivity index is 2.02. The van der Waals surface area contributed by atoms with E-state index in [9.17, 15) is 0 Å². The molecule has 1 aliphatic rings. The standard InChI is InChI=1S/C12H19BrN2O/c1-3-8-5-6-9(7-8)11-14-12(16-15-11)10(13)4-2/h8-10H,3-7H2,1-2H3. The van der Waals surface area contributed by atoms with Gasteiger partial charge < -0.3 is 4.52 Å². The quantitative estimate of drug-likeness (QED) is 0.779. The molecule has 1 heterocycles. The van der Waals surface area contributed by atoms with E-state index < -0.39 is 0 Å². The van der Waals surface area contributed by atoms with Gasteiger partial charge >= 0.3 is 0 Å². The van der Waals surface area contributed by atoms with E-state index in [1.54, 1.807) is 0 Å². The zero-order valence-electron chi connectivity index (χ0n) is 9.95. The summed E-state index contributed by atoms with van der Waals surface area (Å²) in [7, 11) is 0. The van der Waals surface area contributed by atoms with E-state index in [2.05, 4.69) is 39.9 Å².